The zero-order valence-electron chi connectivity index (χ0n) is 15.9. The fraction of sp³-hybridized carbons (Fsp3) is 0.368. The van der Waals surface area contributed by atoms with Gasteiger partial charge < -0.3 is 15.4 Å². The summed E-state index contributed by atoms with van der Waals surface area (Å²) in [6, 6.07) is 4.85. The van der Waals surface area contributed by atoms with Crippen molar-refractivity contribution in [2.75, 3.05) is 11.9 Å². The molecular weight excluding hydrogens is 370 g/mol. The number of rotatable bonds is 8. The molecule has 0 atom stereocenters. The van der Waals surface area contributed by atoms with E-state index in [9.17, 15) is 18.4 Å². The zero-order valence-corrected chi connectivity index (χ0v) is 15.9. The van der Waals surface area contributed by atoms with Crippen LogP contribution in [-0.4, -0.2) is 34.8 Å². The van der Waals surface area contributed by atoms with Gasteiger partial charge in [-0.2, -0.15) is 0 Å². The van der Waals surface area contributed by atoms with Gasteiger partial charge in [0.15, 0.2) is 6.61 Å². The number of nitrogens with one attached hydrogen (secondary N) is 2. The van der Waals surface area contributed by atoms with Crippen LogP contribution in [0.2, 0.25) is 0 Å². The molecule has 2 N–H and O–H groups in total. The molecule has 0 spiro atoms. The van der Waals surface area contributed by atoms with Crippen LogP contribution in [0.4, 0.5) is 14.6 Å². The third kappa shape index (κ3) is 6.26. The maximum atomic E-state index is 12.4. The molecule has 0 aliphatic heterocycles. The number of carbonyl (C=O) groups excluding carboxylic acids is 2. The predicted octanol–water partition coefficient (Wildman–Crippen LogP) is 2.88. The number of anilines is 1. The van der Waals surface area contributed by atoms with Crippen LogP contribution in [0.25, 0.3) is 0 Å². The van der Waals surface area contributed by atoms with Crippen molar-refractivity contribution >= 4 is 17.6 Å². The Labute approximate surface area is 161 Å². The Hall–Kier alpha value is -3.10. The van der Waals surface area contributed by atoms with E-state index < -0.39 is 13.0 Å². The number of nitrogens with zero attached hydrogens (tertiary/aromatic N) is 2. The van der Waals surface area contributed by atoms with Gasteiger partial charge in [0.05, 0.1) is 0 Å². The van der Waals surface area contributed by atoms with Crippen molar-refractivity contribution in [1.29, 1.82) is 0 Å². The number of hydrogen-bond donors (Lipinski definition) is 2. The van der Waals surface area contributed by atoms with Crippen LogP contribution in [-0.2, 0) is 17.8 Å². The highest BCUT2D eigenvalue weighted by molar-refractivity contribution is 5.96. The second kappa shape index (κ2) is 9.72. The lowest BCUT2D eigenvalue weighted by atomic mass is 10.1. The molecule has 7 nitrogen and oxygen atoms in total. The predicted molar refractivity (Wildman–Crippen MR) is 99.6 cm³/mol. The van der Waals surface area contributed by atoms with Crippen LogP contribution < -0.4 is 15.4 Å². The molecule has 0 aliphatic rings. The van der Waals surface area contributed by atoms with E-state index in [1.54, 1.807) is 19.1 Å². The Morgan fingerprint density at radius 3 is 2.64 bits per heavy atom. The molecule has 9 heteroatoms. The molecule has 0 fully saturated rings. The summed E-state index contributed by atoms with van der Waals surface area (Å²) in [6.07, 6.45) is -0.547. The van der Waals surface area contributed by atoms with Gasteiger partial charge in [0.1, 0.15) is 5.82 Å². The molecule has 0 unspecified atom stereocenters. The molecule has 2 aromatic rings. The molecular formula is C19H22F2N4O3. The van der Waals surface area contributed by atoms with Crippen molar-refractivity contribution in [2.45, 2.75) is 40.2 Å². The van der Waals surface area contributed by atoms with E-state index in [2.05, 4.69) is 20.6 Å². The molecule has 2 aromatic heterocycles. The number of pyridine rings is 2. The number of carbonyl (C=O) groups is 2. The molecule has 0 saturated heterocycles. The van der Waals surface area contributed by atoms with E-state index in [0.29, 0.717) is 34.6 Å². The topological polar surface area (TPSA) is 93.2 Å². The molecule has 2 amide bonds. The normalized spacial score (nSPS) is 10.6. The number of alkyl halides is 2. The van der Waals surface area contributed by atoms with Gasteiger partial charge in [0.2, 0.25) is 11.8 Å². The number of amides is 2. The van der Waals surface area contributed by atoms with E-state index in [4.69, 9.17) is 4.74 Å². The number of aryl methyl sites for hydroxylation is 2. The van der Waals surface area contributed by atoms with Crippen LogP contribution >= 0.6 is 0 Å². The summed E-state index contributed by atoms with van der Waals surface area (Å²) in [4.78, 5) is 31.8. The highest BCUT2D eigenvalue weighted by atomic mass is 19.3. The number of hydrogen-bond acceptors (Lipinski definition) is 5. The number of halogens is 2. The van der Waals surface area contributed by atoms with Crippen molar-refractivity contribution < 1.29 is 23.1 Å². The minimum atomic E-state index is -2.57. The Balaban J connectivity index is 2.06. The van der Waals surface area contributed by atoms with Gasteiger partial charge >= 0.3 is 0 Å². The highest BCUT2D eigenvalue weighted by Gasteiger charge is 2.12. The van der Waals surface area contributed by atoms with Gasteiger partial charge in [0.25, 0.3) is 12.3 Å². The standard InChI is InChI=1S/C19H22F2N4O3/c1-4-14-6-13(9-23-19(14)28-10-16(20)21)8-22-18(27)15-5-11(2)24-17(7-15)25-12(3)26/h5-7,9,16H,4,8,10H2,1-3H3,(H,22,27)(H,24,25,26). The third-order valence-electron chi connectivity index (χ3n) is 3.68. The Morgan fingerprint density at radius 1 is 1.25 bits per heavy atom. The van der Waals surface area contributed by atoms with Crippen LogP contribution in [0.5, 0.6) is 5.88 Å². The molecule has 150 valence electrons. The van der Waals surface area contributed by atoms with E-state index in [1.165, 1.54) is 19.2 Å². The van der Waals surface area contributed by atoms with Crippen molar-refractivity contribution in [1.82, 2.24) is 15.3 Å². The quantitative estimate of drug-likeness (QED) is 0.721. The average molecular weight is 392 g/mol. The largest absolute Gasteiger partial charge is 0.471 e. The molecule has 2 heterocycles. The van der Waals surface area contributed by atoms with Crippen molar-refractivity contribution in [3.63, 3.8) is 0 Å². The lowest BCUT2D eigenvalue weighted by Gasteiger charge is -2.12. The maximum Gasteiger partial charge on any atom is 0.272 e. The monoisotopic (exact) mass is 392 g/mol. The second-order valence-electron chi connectivity index (χ2n) is 6.11. The zero-order chi connectivity index (χ0) is 20.7. The summed E-state index contributed by atoms with van der Waals surface area (Å²) in [6.45, 7) is 4.42. The van der Waals surface area contributed by atoms with E-state index in [-0.39, 0.29) is 24.2 Å². The Kier molecular flexibility index (Phi) is 7.36. The Bertz CT molecular complexity index is 859. The van der Waals surface area contributed by atoms with Gasteiger partial charge in [-0.15, -0.1) is 0 Å². The first kappa shape index (κ1) is 21.2. The van der Waals surface area contributed by atoms with Crippen molar-refractivity contribution in [3.05, 3.63) is 46.8 Å². The molecule has 0 aliphatic carbocycles. The van der Waals surface area contributed by atoms with Crippen LogP contribution in [0.15, 0.2) is 24.4 Å². The fourth-order valence-corrected chi connectivity index (χ4v) is 2.50. The van der Waals surface area contributed by atoms with Crippen molar-refractivity contribution in [2.24, 2.45) is 0 Å². The summed E-state index contributed by atoms with van der Waals surface area (Å²) in [5, 5.41) is 5.31. The lowest BCUT2D eigenvalue weighted by molar-refractivity contribution is -0.114. The maximum absolute atomic E-state index is 12.4. The number of aromatic nitrogens is 2. The van der Waals surface area contributed by atoms with Gasteiger partial charge in [0, 0.05) is 36.5 Å². The van der Waals surface area contributed by atoms with Crippen LogP contribution in [0.1, 0.15) is 41.0 Å². The van der Waals surface area contributed by atoms with Gasteiger partial charge in [-0.1, -0.05) is 6.92 Å². The summed E-state index contributed by atoms with van der Waals surface area (Å²) in [5.74, 6) is -0.152. The second-order valence-corrected chi connectivity index (χ2v) is 6.11. The minimum absolute atomic E-state index is 0.169. The minimum Gasteiger partial charge on any atom is -0.471 e. The first-order chi connectivity index (χ1) is 13.3. The van der Waals surface area contributed by atoms with Gasteiger partial charge in [-0.3, -0.25) is 9.59 Å². The molecule has 0 radical (unpaired) electrons. The lowest BCUT2D eigenvalue weighted by Crippen LogP contribution is -2.23. The van der Waals surface area contributed by atoms with Crippen LogP contribution in [0, 0.1) is 6.92 Å². The van der Waals surface area contributed by atoms with Crippen LogP contribution in [0.3, 0.4) is 0 Å². The van der Waals surface area contributed by atoms with E-state index >= 15 is 0 Å². The number of ether oxygens (including phenoxy) is 1. The first-order valence-corrected chi connectivity index (χ1v) is 8.71. The summed E-state index contributed by atoms with van der Waals surface area (Å²) in [7, 11) is 0. The summed E-state index contributed by atoms with van der Waals surface area (Å²) in [5.41, 5.74) is 2.34. The van der Waals surface area contributed by atoms with Gasteiger partial charge in [-0.25, -0.2) is 18.7 Å². The van der Waals surface area contributed by atoms with E-state index in [1.807, 2.05) is 6.92 Å². The highest BCUT2D eigenvalue weighted by Crippen LogP contribution is 2.18. The molecule has 0 bridgehead atoms. The van der Waals surface area contributed by atoms with E-state index in [0.717, 1.165) is 0 Å². The Morgan fingerprint density at radius 2 is 2.00 bits per heavy atom. The first-order valence-electron chi connectivity index (χ1n) is 8.71. The van der Waals surface area contributed by atoms with Crippen molar-refractivity contribution in [3.8, 4) is 5.88 Å². The van der Waals surface area contributed by atoms with Gasteiger partial charge in [-0.05, 0) is 37.1 Å². The third-order valence-corrected chi connectivity index (χ3v) is 3.68. The smallest absolute Gasteiger partial charge is 0.272 e. The molecule has 0 saturated carbocycles. The summed E-state index contributed by atoms with van der Waals surface area (Å²) >= 11 is 0. The molecule has 2 rings (SSSR count). The summed E-state index contributed by atoms with van der Waals surface area (Å²) < 4.78 is 29.6. The average Bonchev–Trinajstić information content (AvgIpc) is 2.63. The SMILES string of the molecule is CCc1cc(CNC(=O)c2cc(C)nc(NC(C)=O)c2)cnc1OCC(F)F. The molecule has 0 aromatic carbocycles. The molecule has 28 heavy (non-hydrogen) atoms. The fourth-order valence-electron chi connectivity index (χ4n) is 2.50.